The molecular formula is C24H25Cl2N3O5S. The molecule has 0 bridgehead atoms. The minimum Gasteiger partial charge on any atom is -0.352 e. The lowest BCUT2D eigenvalue weighted by molar-refractivity contribution is -0.140. The number of fused-ring (bicyclic) bond motifs is 1. The van der Waals surface area contributed by atoms with E-state index in [1.54, 1.807) is 25.1 Å². The van der Waals surface area contributed by atoms with Crippen molar-refractivity contribution >= 4 is 50.9 Å². The molecule has 1 atom stereocenters. The van der Waals surface area contributed by atoms with Gasteiger partial charge in [-0.2, -0.15) is 0 Å². The third-order valence-corrected chi connectivity index (χ3v) is 8.79. The van der Waals surface area contributed by atoms with E-state index in [4.69, 9.17) is 23.2 Å². The maximum absolute atomic E-state index is 13.5. The smallest absolute Gasteiger partial charge is 0.269 e. The number of hydrogen-bond donors (Lipinski definition) is 1. The summed E-state index contributed by atoms with van der Waals surface area (Å²) in [7, 11) is -4.18. The highest BCUT2D eigenvalue weighted by atomic mass is 35.5. The Morgan fingerprint density at radius 3 is 2.49 bits per heavy atom. The molecule has 0 saturated heterocycles. The van der Waals surface area contributed by atoms with Gasteiger partial charge in [0.05, 0.1) is 5.56 Å². The predicted octanol–water partition coefficient (Wildman–Crippen LogP) is 3.61. The summed E-state index contributed by atoms with van der Waals surface area (Å²) in [6.07, 6.45) is 3.79. The topological polar surface area (TPSA) is 104 Å². The molecule has 2 aromatic rings. The standard InChI is InChI=1S/C24H25Cl2N3O5S/c1-15(23(31)27-18-6-2-3-7-18)28(13-16-10-11-17(25)12-20(16)26)22(30)14-29-24(32)19-8-4-5-9-21(19)35(29,33)34/h4-5,8-12,15,18H,2-3,6-7,13-14H2,1H3,(H,27,31)/t15-/m1/s1. The molecule has 1 fully saturated rings. The van der Waals surface area contributed by atoms with E-state index >= 15 is 0 Å². The molecule has 0 radical (unpaired) electrons. The van der Waals surface area contributed by atoms with Gasteiger partial charge < -0.3 is 10.2 Å². The maximum atomic E-state index is 13.5. The molecule has 0 aromatic heterocycles. The predicted molar refractivity (Wildman–Crippen MR) is 132 cm³/mol. The minimum atomic E-state index is -4.18. The van der Waals surface area contributed by atoms with E-state index in [2.05, 4.69) is 5.32 Å². The molecule has 0 unspecified atom stereocenters. The summed E-state index contributed by atoms with van der Waals surface area (Å²) in [5, 5.41) is 3.68. The Kier molecular flexibility index (Phi) is 7.40. The summed E-state index contributed by atoms with van der Waals surface area (Å²) < 4.78 is 26.5. The van der Waals surface area contributed by atoms with Gasteiger partial charge >= 0.3 is 0 Å². The van der Waals surface area contributed by atoms with E-state index in [-0.39, 0.29) is 29.0 Å². The van der Waals surface area contributed by atoms with Gasteiger partial charge in [0, 0.05) is 22.6 Å². The van der Waals surface area contributed by atoms with Crippen molar-refractivity contribution in [2.45, 2.75) is 56.1 Å². The first kappa shape index (κ1) is 25.5. The number of halogens is 2. The van der Waals surface area contributed by atoms with Crippen molar-refractivity contribution in [2.24, 2.45) is 0 Å². The average Bonchev–Trinajstić information content (AvgIpc) is 3.39. The number of rotatable bonds is 7. The van der Waals surface area contributed by atoms with Crippen LogP contribution in [-0.4, -0.2) is 54.0 Å². The summed E-state index contributed by atoms with van der Waals surface area (Å²) in [6.45, 7) is 0.770. The first-order valence-corrected chi connectivity index (χ1v) is 13.5. The lowest BCUT2D eigenvalue weighted by atomic mass is 10.1. The van der Waals surface area contributed by atoms with E-state index < -0.39 is 34.4 Å². The molecule has 1 saturated carbocycles. The highest BCUT2D eigenvalue weighted by Gasteiger charge is 2.43. The fourth-order valence-corrected chi connectivity index (χ4v) is 6.40. The molecule has 8 nitrogen and oxygen atoms in total. The van der Waals surface area contributed by atoms with Gasteiger partial charge in [0.1, 0.15) is 17.5 Å². The van der Waals surface area contributed by atoms with E-state index in [9.17, 15) is 22.8 Å². The highest BCUT2D eigenvalue weighted by molar-refractivity contribution is 7.90. The molecule has 1 aliphatic heterocycles. The molecule has 1 N–H and O–H groups in total. The first-order valence-electron chi connectivity index (χ1n) is 11.3. The van der Waals surface area contributed by atoms with Crippen molar-refractivity contribution in [1.82, 2.24) is 14.5 Å². The SMILES string of the molecule is C[C@H](C(=O)NC1CCCC1)N(Cc1ccc(Cl)cc1Cl)C(=O)CN1C(=O)c2ccccc2S1(=O)=O. The normalized spacial score (nSPS) is 17.8. The number of hydrogen-bond acceptors (Lipinski definition) is 5. The first-order chi connectivity index (χ1) is 16.6. The number of amides is 3. The molecule has 2 aliphatic rings. The van der Waals surface area contributed by atoms with Crippen LogP contribution in [0.3, 0.4) is 0 Å². The van der Waals surface area contributed by atoms with Crippen molar-refractivity contribution in [3.05, 3.63) is 63.6 Å². The van der Waals surface area contributed by atoms with Crippen molar-refractivity contribution in [1.29, 1.82) is 0 Å². The second-order valence-corrected chi connectivity index (χ2v) is 11.4. The van der Waals surface area contributed by atoms with Gasteiger partial charge in [0.2, 0.25) is 11.8 Å². The van der Waals surface area contributed by atoms with Crippen LogP contribution >= 0.6 is 23.2 Å². The van der Waals surface area contributed by atoms with Gasteiger partial charge in [-0.05, 0) is 49.6 Å². The molecule has 3 amide bonds. The van der Waals surface area contributed by atoms with Crippen molar-refractivity contribution in [3.8, 4) is 0 Å². The largest absolute Gasteiger partial charge is 0.352 e. The van der Waals surface area contributed by atoms with Crippen LogP contribution in [0.4, 0.5) is 0 Å². The van der Waals surface area contributed by atoms with Crippen LogP contribution in [0.5, 0.6) is 0 Å². The van der Waals surface area contributed by atoms with Crippen LogP contribution in [0.1, 0.15) is 48.5 Å². The molecule has 0 spiro atoms. The lowest BCUT2D eigenvalue weighted by Gasteiger charge is -2.31. The average molecular weight is 538 g/mol. The van der Waals surface area contributed by atoms with Crippen molar-refractivity contribution in [2.75, 3.05) is 6.54 Å². The molecule has 2 aromatic carbocycles. The van der Waals surface area contributed by atoms with Crippen molar-refractivity contribution < 1.29 is 22.8 Å². The van der Waals surface area contributed by atoms with Gasteiger partial charge in [-0.3, -0.25) is 14.4 Å². The van der Waals surface area contributed by atoms with Crippen LogP contribution in [0.25, 0.3) is 0 Å². The Morgan fingerprint density at radius 2 is 1.83 bits per heavy atom. The van der Waals surface area contributed by atoms with E-state index in [0.717, 1.165) is 25.7 Å². The number of sulfonamides is 1. The summed E-state index contributed by atoms with van der Waals surface area (Å²) >= 11 is 12.3. The quantitative estimate of drug-likeness (QED) is 0.580. The summed E-state index contributed by atoms with van der Waals surface area (Å²) in [4.78, 5) is 40.4. The minimum absolute atomic E-state index is 0.0135. The fraction of sp³-hybridized carbons (Fsp3) is 0.375. The monoisotopic (exact) mass is 537 g/mol. The fourth-order valence-electron chi connectivity index (χ4n) is 4.41. The Labute approximate surface area is 214 Å². The molecule has 35 heavy (non-hydrogen) atoms. The third-order valence-electron chi connectivity index (χ3n) is 6.42. The van der Waals surface area contributed by atoms with Crippen molar-refractivity contribution in [3.63, 3.8) is 0 Å². The number of carbonyl (C=O) groups excluding carboxylic acids is 3. The number of nitrogens with zero attached hydrogens (tertiary/aromatic N) is 2. The molecule has 4 rings (SSSR count). The number of nitrogens with one attached hydrogen (secondary N) is 1. The van der Waals surface area contributed by atoms with Gasteiger partial charge in [-0.1, -0.05) is 54.2 Å². The molecule has 11 heteroatoms. The Morgan fingerprint density at radius 1 is 1.14 bits per heavy atom. The third kappa shape index (κ3) is 5.17. The highest BCUT2D eigenvalue weighted by Crippen LogP contribution is 2.30. The molecule has 1 aliphatic carbocycles. The van der Waals surface area contributed by atoms with Gasteiger partial charge in [-0.25, -0.2) is 12.7 Å². The van der Waals surface area contributed by atoms with E-state index in [1.807, 2.05) is 0 Å². The Bertz CT molecular complexity index is 1280. The zero-order valence-corrected chi connectivity index (χ0v) is 21.4. The molecular weight excluding hydrogens is 513 g/mol. The van der Waals surface area contributed by atoms with Crippen LogP contribution < -0.4 is 5.32 Å². The van der Waals surface area contributed by atoms with Crippen LogP contribution in [0.15, 0.2) is 47.4 Å². The zero-order chi connectivity index (χ0) is 25.3. The zero-order valence-electron chi connectivity index (χ0n) is 19.0. The summed E-state index contributed by atoms with van der Waals surface area (Å²) in [5.74, 6) is -1.83. The van der Waals surface area contributed by atoms with Crippen LogP contribution in [0, 0.1) is 0 Å². The lowest BCUT2D eigenvalue weighted by Crippen LogP contribution is -2.52. The second-order valence-electron chi connectivity index (χ2n) is 8.74. The number of benzene rings is 2. The van der Waals surface area contributed by atoms with Gasteiger partial charge in [0.25, 0.3) is 15.9 Å². The van der Waals surface area contributed by atoms with E-state index in [1.165, 1.54) is 29.2 Å². The summed E-state index contributed by atoms with van der Waals surface area (Å²) in [6, 6.07) is 9.68. The summed E-state index contributed by atoms with van der Waals surface area (Å²) in [5.41, 5.74) is 0.545. The van der Waals surface area contributed by atoms with Crippen LogP contribution in [0.2, 0.25) is 10.0 Å². The number of carbonyl (C=O) groups is 3. The molecule has 1 heterocycles. The second kappa shape index (κ2) is 10.2. The van der Waals surface area contributed by atoms with Gasteiger partial charge in [0.15, 0.2) is 0 Å². The Hall–Kier alpha value is -2.62. The Balaban J connectivity index is 1.60. The van der Waals surface area contributed by atoms with E-state index in [0.29, 0.717) is 19.9 Å². The maximum Gasteiger partial charge on any atom is 0.269 e. The molecule has 186 valence electrons. The van der Waals surface area contributed by atoms with Crippen LogP contribution in [-0.2, 0) is 26.2 Å². The van der Waals surface area contributed by atoms with Gasteiger partial charge in [-0.15, -0.1) is 0 Å².